The zero-order chi connectivity index (χ0) is 17.7. The molecule has 0 radical (unpaired) electrons. The molecular weight excluding hydrogens is 356 g/mol. The Morgan fingerprint density at radius 3 is 2.36 bits per heavy atom. The summed E-state index contributed by atoms with van der Waals surface area (Å²) in [5, 5.41) is 3.09. The minimum absolute atomic E-state index is 0.0172. The van der Waals surface area contributed by atoms with Crippen LogP contribution in [-0.4, -0.2) is 49.3 Å². The quantitative estimate of drug-likeness (QED) is 0.849. The fraction of sp³-hybridized carbons (Fsp3) is 0.611. The summed E-state index contributed by atoms with van der Waals surface area (Å²) in [6.07, 6.45) is 5.31. The summed E-state index contributed by atoms with van der Waals surface area (Å²) < 4.78 is 26.8. The maximum Gasteiger partial charge on any atom is 0.243 e. The zero-order valence-corrected chi connectivity index (χ0v) is 16.1. The van der Waals surface area contributed by atoms with E-state index in [0.717, 1.165) is 49.2 Å². The molecule has 0 spiro atoms. The first-order valence-electron chi connectivity index (χ1n) is 9.02. The number of rotatable bonds is 5. The highest BCUT2D eigenvalue weighted by Gasteiger charge is 2.25. The Labute approximate surface area is 154 Å². The molecule has 0 aromatic heterocycles. The van der Waals surface area contributed by atoms with Gasteiger partial charge in [-0.05, 0) is 54.9 Å². The molecular formula is C18H26N2O3S2. The number of sulfonamides is 1. The first kappa shape index (κ1) is 18.7. The standard InChI is InChI=1S/C18H26N2O3S2/c21-18(19-16-8-12-24-13-9-16)14-15-4-6-17(7-5-15)25(22,23)20-10-2-1-3-11-20/h4-7,16H,1-3,8-14H2,(H,19,21). The number of nitrogens with one attached hydrogen (secondary N) is 1. The Morgan fingerprint density at radius 1 is 1.08 bits per heavy atom. The van der Waals surface area contributed by atoms with Gasteiger partial charge < -0.3 is 5.32 Å². The molecule has 1 aromatic rings. The third-order valence-electron chi connectivity index (χ3n) is 4.83. The van der Waals surface area contributed by atoms with Crippen molar-refractivity contribution in [1.82, 2.24) is 9.62 Å². The predicted octanol–water partition coefficient (Wildman–Crippen LogP) is 2.42. The molecule has 0 aliphatic carbocycles. The van der Waals surface area contributed by atoms with Crippen LogP contribution in [0.4, 0.5) is 0 Å². The van der Waals surface area contributed by atoms with E-state index in [1.807, 2.05) is 11.8 Å². The molecule has 1 aromatic carbocycles. The first-order chi connectivity index (χ1) is 12.1. The van der Waals surface area contributed by atoms with Crippen LogP contribution in [0.25, 0.3) is 0 Å². The molecule has 0 unspecified atom stereocenters. The van der Waals surface area contributed by atoms with Crippen molar-refractivity contribution in [1.29, 1.82) is 0 Å². The Balaban J connectivity index is 1.58. The molecule has 2 aliphatic heterocycles. The average Bonchev–Trinajstić information content (AvgIpc) is 2.63. The van der Waals surface area contributed by atoms with E-state index in [9.17, 15) is 13.2 Å². The highest BCUT2D eigenvalue weighted by atomic mass is 32.2. The number of piperidine rings is 1. The van der Waals surface area contributed by atoms with Gasteiger partial charge in [0.1, 0.15) is 0 Å². The number of thioether (sulfide) groups is 1. The smallest absolute Gasteiger partial charge is 0.243 e. The number of carbonyl (C=O) groups is 1. The maximum atomic E-state index is 12.6. The summed E-state index contributed by atoms with van der Waals surface area (Å²) in [7, 11) is -3.40. The van der Waals surface area contributed by atoms with Crippen molar-refractivity contribution in [3.8, 4) is 0 Å². The van der Waals surface area contributed by atoms with E-state index in [2.05, 4.69) is 5.32 Å². The summed E-state index contributed by atoms with van der Waals surface area (Å²) in [6.45, 7) is 1.21. The van der Waals surface area contributed by atoms with Gasteiger partial charge in [-0.2, -0.15) is 16.1 Å². The van der Waals surface area contributed by atoms with E-state index in [1.165, 1.54) is 0 Å². The lowest BCUT2D eigenvalue weighted by molar-refractivity contribution is -0.121. The van der Waals surface area contributed by atoms with Gasteiger partial charge in [-0.25, -0.2) is 8.42 Å². The second-order valence-corrected chi connectivity index (χ2v) is 9.90. The minimum atomic E-state index is -3.40. The molecule has 2 aliphatic rings. The lowest BCUT2D eigenvalue weighted by Crippen LogP contribution is -2.38. The van der Waals surface area contributed by atoms with Gasteiger partial charge in [0.15, 0.2) is 0 Å². The highest BCUT2D eigenvalue weighted by molar-refractivity contribution is 7.99. The SMILES string of the molecule is O=C(Cc1ccc(S(=O)(=O)N2CCCCC2)cc1)NC1CCSCC1. The van der Waals surface area contributed by atoms with Crippen molar-refractivity contribution >= 4 is 27.7 Å². The lowest BCUT2D eigenvalue weighted by Gasteiger charge is -2.26. The molecule has 0 bridgehead atoms. The van der Waals surface area contributed by atoms with Crippen LogP contribution in [0.2, 0.25) is 0 Å². The summed E-state index contributed by atoms with van der Waals surface area (Å²) >= 11 is 1.93. The largest absolute Gasteiger partial charge is 0.353 e. The van der Waals surface area contributed by atoms with Crippen molar-refractivity contribution in [2.75, 3.05) is 24.6 Å². The van der Waals surface area contributed by atoms with Crippen LogP contribution in [0.5, 0.6) is 0 Å². The summed E-state index contributed by atoms with van der Waals surface area (Å²) in [5.74, 6) is 2.23. The van der Waals surface area contributed by atoms with E-state index in [-0.39, 0.29) is 11.9 Å². The van der Waals surface area contributed by atoms with Crippen LogP contribution in [0.1, 0.15) is 37.7 Å². The van der Waals surface area contributed by atoms with Gasteiger partial charge in [-0.3, -0.25) is 4.79 Å². The average molecular weight is 383 g/mol. The van der Waals surface area contributed by atoms with Crippen LogP contribution in [0.15, 0.2) is 29.2 Å². The number of nitrogens with zero attached hydrogens (tertiary/aromatic N) is 1. The maximum absolute atomic E-state index is 12.6. The number of carbonyl (C=O) groups excluding carboxylic acids is 1. The van der Waals surface area contributed by atoms with Crippen molar-refractivity contribution in [2.24, 2.45) is 0 Å². The normalized spacial score (nSPS) is 20.3. The van der Waals surface area contributed by atoms with Gasteiger partial charge in [0, 0.05) is 19.1 Å². The van der Waals surface area contributed by atoms with Gasteiger partial charge in [-0.15, -0.1) is 0 Å². The molecule has 2 heterocycles. The summed E-state index contributed by atoms with van der Waals surface area (Å²) in [5.41, 5.74) is 0.847. The van der Waals surface area contributed by atoms with Crippen LogP contribution >= 0.6 is 11.8 Å². The summed E-state index contributed by atoms with van der Waals surface area (Å²) in [6, 6.07) is 7.06. The van der Waals surface area contributed by atoms with Gasteiger partial charge in [0.2, 0.25) is 15.9 Å². The minimum Gasteiger partial charge on any atom is -0.353 e. The van der Waals surface area contributed by atoms with Crippen LogP contribution in [-0.2, 0) is 21.2 Å². The number of benzene rings is 1. The van der Waals surface area contributed by atoms with E-state index in [0.29, 0.717) is 24.4 Å². The van der Waals surface area contributed by atoms with Gasteiger partial charge in [0.05, 0.1) is 11.3 Å². The fourth-order valence-corrected chi connectivity index (χ4v) is 5.96. The van der Waals surface area contributed by atoms with E-state index in [1.54, 1.807) is 28.6 Å². The third kappa shape index (κ3) is 4.99. The van der Waals surface area contributed by atoms with E-state index >= 15 is 0 Å². The van der Waals surface area contributed by atoms with Crippen molar-refractivity contribution in [3.63, 3.8) is 0 Å². The molecule has 3 rings (SSSR count). The Hall–Kier alpha value is -1.05. The monoisotopic (exact) mass is 382 g/mol. The molecule has 0 saturated carbocycles. The Kier molecular flexibility index (Phi) is 6.41. The van der Waals surface area contributed by atoms with Crippen LogP contribution < -0.4 is 5.32 Å². The number of hydrogen-bond donors (Lipinski definition) is 1. The number of hydrogen-bond acceptors (Lipinski definition) is 4. The molecule has 2 fully saturated rings. The Morgan fingerprint density at radius 2 is 1.72 bits per heavy atom. The van der Waals surface area contributed by atoms with Crippen molar-refractivity contribution in [2.45, 2.75) is 49.5 Å². The molecule has 1 amide bonds. The predicted molar refractivity (Wildman–Crippen MR) is 101 cm³/mol. The fourth-order valence-electron chi connectivity index (χ4n) is 3.34. The van der Waals surface area contributed by atoms with Gasteiger partial charge >= 0.3 is 0 Å². The van der Waals surface area contributed by atoms with Gasteiger partial charge in [-0.1, -0.05) is 18.6 Å². The number of amides is 1. The van der Waals surface area contributed by atoms with E-state index < -0.39 is 10.0 Å². The van der Waals surface area contributed by atoms with Crippen molar-refractivity contribution < 1.29 is 13.2 Å². The second-order valence-electron chi connectivity index (χ2n) is 6.74. The zero-order valence-electron chi connectivity index (χ0n) is 14.4. The molecule has 1 N–H and O–H groups in total. The highest BCUT2D eigenvalue weighted by Crippen LogP contribution is 2.21. The van der Waals surface area contributed by atoms with E-state index in [4.69, 9.17) is 0 Å². The summed E-state index contributed by atoms with van der Waals surface area (Å²) in [4.78, 5) is 12.5. The lowest BCUT2D eigenvalue weighted by atomic mass is 10.1. The topological polar surface area (TPSA) is 66.5 Å². The van der Waals surface area contributed by atoms with Crippen LogP contribution in [0.3, 0.4) is 0 Å². The molecule has 5 nitrogen and oxygen atoms in total. The first-order valence-corrected chi connectivity index (χ1v) is 11.6. The molecule has 7 heteroatoms. The second kappa shape index (κ2) is 8.56. The Bertz CT molecular complexity index is 677. The molecule has 25 heavy (non-hydrogen) atoms. The molecule has 0 atom stereocenters. The van der Waals surface area contributed by atoms with Crippen LogP contribution in [0, 0.1) is 0 Å². The van der Waals surface area contributed by atoms with Crippen molar-refractivity contribution in [3.05, 3.63) is 29.8 Å². The van der Waals surface area contributed by atoms with Gasteiger partial charge in [0.25, 0.3) is 0 Å². The third-order valence-corrected chi connectivity index (χ3v) is 7.79. The molecule has 2 saturated heterocycles. The molecule has 138 valence electrons.